The van der Waals surface area contributed by atoms with Crippen LogP contribution in [-0.4, -0.2) is 23.3 Å². The van der Waals surface area contributed by atoms with Gasteiger partial charge < -0.3 is 10.6 Å². The molecule has 0 aliphatic rings. The van der Waals surface area contributed by atoms with Crippen molar-refractivity contribution < 1.29 is 9.59 Å². The highest BCUT2D eigenvalue weighted by Crippen LogP contribution is 2.26. The van der Waals surface area contributed by atoms with E-state index in [-0.39, 0.29) is 24.8 Å². The lowest BCUT2D eigenvalue weighted by Gasteiger charge is -2.08. The van der Waals surface area contributed by atoms with Crippen molar-refractivity contribution in [2.24, 2.45) is 0 Å². The first-order valence-electron chi connectivity index (χ1n) is 8.99. The van der Waals surface area contributed by atoms with Crippen molar-refractivity contribution in [2.45, 2.75) is 13.3 Å². The van der Waals surface area contributed by atoms with Crippen LogP contribution >= 0.6 is 11.3 Å². The molecule has 0 fully saturated rings. The topological polar surface area (TPSA) is 71.1 Å². The number of nitrogens with one attached hydrogen (secondary N) is 2. The summed E-state index contributed by atoms with van der Waals surface area (Å²) in [5.41, 5.74) is 2.94. The Labute approximate surface area is 166 Å². The van der Waals surface area contributed by atoms with Crippen LogP contribution in [0.1, 0.15) is 11.1 Å². The van der Waals surface area contributed by atoms with E-state index in [0.29, 0.717) is 5.13 Å². The van der Waals surface area contributed by atoms with Crippen molar-refractivity contribution in [3.63, 3.8) is 0 Å². The highest BCUT2D eigenvalue weighted by atomic mass is 32.1. The van der Waals surface area contributed by atoms with E-state index >= 15 is 0 Å². The van der Waals surface area contributed by atoms with Gasteiger partial charge in [-0.05, 0) is 41.0 Å². The van der Waals surface area contributed by atoms with Crippen molar-refractivity contribution in [3.05, 3.63) is 71.8 Å². The quantitative estimate of drug-likeness (QED) is 0.541. The number of hydrogen-bond acceptors (Lipinski definition) is 4. The van der Waals surface area contributed by atoms with Crippen molar-refractivity contribution in [3.8, 4) is 0 Å². The van der Waals surface area contributed by atoms with E-state index in [1.807, 2.05) is 67.6 Å². The highest BCUT2D eigenvalue weighted by molar-refractivity contribution is 7.22. The standard InChI is InChI=1S/C22H19N3O2S/c1-14-9-10-18-19(11-14)28-22(24-18)25-21(27)13-23-20(26)12-16-7-4-6-15-5-2-3-8-17(15)16/h2-11H,12-13H2,1H3,(H,23,26)(H,24,25,27). The minimum Gasteiger partial charge on any atom is -0.347 e. The van der Waals surface area contributed by atoms with Gasteiger partial charge in [-0.25, -0.2) is 4.98 Å². The lowest BCUT2D eigenvalue weighted by atomic mass is 10.0. The van der Waals surface area contributed by atoms with Gasteiger partial charge in [-0.1, -0.05) is 59.9 Å². The van der Waals surface area contributed by atoms with Crippen LogP contribution in [-0.2, 0) is 16.0 Å². The minimum absolute atomic E-state index is 0.0848. The van der Waals surface area contributed by atoms with Gasteiger partial charge in [-0.15, -0.1) is 0 Å². The van der Waals surface area contributed by atoms with Gasteiger partial charge in [-0.3, -0.25) is 9.59 Å². The summed E-state index contributed by atoms with van der Waals surface area (Å²) in [6.45, 7) is 1.93. The van der Waals surface area contributed by atoms with E-state index < -0.39 is 0 Å². The van der Waals surface area contributed by atoms with Gasteiger partial charge in [0.05, 0.1) is 23.2 Å². The minimum atomic E-state index is -0.290. The molecule has 0 atom stereocenters. The highest BCUT2D eigenvalue weighted by Gasteiger charge is 2.11. The van der Waals surface area contributed by atoms with Gasteiger partial charge in [0, 0.05) is 0 Å². The van der Waals surface area contributed by atoms with Crippen LogP contribution in [0.25, 0.3) is 21.0 Å². The summed E-state index contributed by atoms with van der Waals surface area (Å²) in [6.07, 6.45) is 0.231. The summed E-state index contributed by atoms with van der Waals surface area (Å²) in [6, 6.07) is 19.8. The molecule has 5 nitrogen and oxygen atoms in total. The molecule has 0 saturated heterocycles. The first-order valence-corrected chi connectivity index (χ1v) is 9.80. The molecule has 0 radical (unpaired) electrons. The molecular formula is C22H19N3O2S. The van der Waals surface area contributed by atoms with Crippen LogP contribution in [0.5, 0.6) is 0 Å². The molecule has 6 heteroatoms. The maximum Gasteiger partial charge on any atom is 0.245 e. The number of nitrogens with zero attached hydrogens (tertiary/aromatic N) is 1. The van der Waals surface area contributed by atoms with Gasteiger partial charge in [0.25, 0.3) is 0 Å². The Balaban J connectivity index is 1.35. The Bertz CT molecular complexity index is 1180. The Morgan fingerprint density at radius 3 is 2.71 bits per heavy atom. The summed E-state index contributed by atoms with van der Waals surface area (Å²) in [5, 5.41) is 8.12. The molecule has 3 aromatic carbocycles. The number of hydrogen-bond donors (Lipinski definition) is 2. The Morgan fingerprint density at radius 1 is 1.00 bits per heavy atom. The smallest absolute Gasteiger partial charge is 0.245 e. The number of aromatic nitrogens is 1. The number of amides is 2. The molecule has 4 aromatic rings. The van der Waals surface area contributed by atoms with Crippen molar-refractivity contribution in [1.29, 1.82) is 0 Å². The van der Waals surface area contributed by atoms with Crippen LogP contribution < -0.4 is 10.6 Å². The van der Waals surface area contributed by atoms with Crippen molar-refractivity contribution >= 4 is 49.3 Å². The summed E-state index contributed by atoms with van der Waals surface area (Å²) in [4.78, 5) is 28.9. The molecule has 0 bridgehead atoms. The normalized spacial score (nSPS) is 10.9. The first kappa shape index (κ1) is 18.1. The molecule has 1 heterocycles. The number of anilines is 1. The molecular weight excluding hydrogens is 370 g/mol. The molecule has 0 saturated carbocycles. The molecule has 0 unspecified atom stereocenters. The molecule has 2 amide bonds. The fourth-order valence-electron chi connectivity index (χ4n) is 3.11. The van der Waals surface area contributed by atoms with Gasteiger partial charge >= 0.3 is 0 Å². The lowest BCUT2D eigenvalue weighted by Crippen LogP contribution is -2.33. The second-order valence-electron chi connectivity index (χ2n) is 6.63. The van der Waals surface area contributed by atoms with Crippen molar-refractivity contribution in [1.82, 2.24) is 10.3 Å². The second-order valence-corrected chi connectivity index (χ2v) is 7.66. The third-order valence-electron chi connectivity index (χ3n) is 4.47. The molecule has 28 heavy (non-hydrogen) atoms. The SMILES string of the molecule is Cc1ccc2nc(NC(=O)CNC(=O)Cc3cccc4ccccc34)sc2c1. The predicted octanol–water partition coefficient (Wildman–Crippen LogP) is 4.06. The van der Waals surface area contributed by atoms with Crippen molar-refractivity contribution in [2.75, 3.05) is 11.9 Å². The maximum atomic E-state index is 12.3. The maximum absolute atomic E-state index is 12.3. The fraction of sp³-hybridized carbons (Fsp3) is 0.136. The van der Waals surface area contributed by atoms with E-state index in [2.05, 4.69) is 15.6 Å². The molecule has 0 aliphatic heterocycles. The number of thiazole rings is 1. The largest absolute Gasteiger partial charge is 0.347 e. The molecule has 0 spiro atoms. The Kier molecular flexibility index (Phi) is 5.04. The number of benzene rings is 3. The molecule has 4 rings (SSSR count). The number of rotatable bonds is 5. The van der Waals surface area contributed by atoms with Crippen LogP contribution in [0.3, 0.4) is 0 Å². The third kappa shape index (κ3) is 4.02. The third-order valence-corrected chi connectivity index (χ3v) is 5.40. The Hall–Kier alpha value is -3.25. The van der Waals surface area contributed by atoms with Gasteiger partial charge in [0.1, 0.15) is 0 Å². The van der Waals surface area contributed by atoms with Crippen LogP contribution in [0.4, 0.5) is 5.13 Å². The monoisotopic (exact) mass is 389 g/mol. The molecule has 0 aliphatic carbocycles. The lowest BCUT2D eigenvalue weighted by molar-refractivity contribution is -0.123. The molecule has 2 N–H and O–H groups in total. The second kappa shape index (κ2) is 7.78. The van der Waals surface area contributed by atoms with Crippen LogP contribution in [0.15, 0.2) is 60.7 Å². The number of carbonyl (C=O) groups excluding carboxylic acids is 2. The van der Waals surface area contributed by atoms with E-state index in [4.69, 9.17) is 0 Å². The average molecular weight is 389 g/mol. The van der Waals surface area contributed by atoms with E-state index in [1.54, 1.807) is 0 Å². The van der Waals surface area contributed by atoms with Crippen LogP contribution in [0, 0.1) is 6.92 Å². The zero-order chi connectivity index (χ0) is 19.5. The first-order chi connectivity index (χ1) is 13.6. The zero-order valence-electron chi connectivity index (χ0n) is 15.4. The molecule has 140 valence electrons. The van der Waals surface area contributed by atoms with E-state index in [1.165, 1.54) is 11.3 Å². The predicted molar refractivity (Wildman–Crippen MR) is 114 cm³/mol. The van der Waals surface area contributed by atoms with Gasteiger partial charge in [0.15, 0.2) is 5.13 Å². The summed E-state index contributed by atoms with van der Waals surface area (Å²) in [7, 11) is 0. The summed E-state index contributed by atoms with van der Waals surface area (Å²) in [5.74, 6) is -0.478. The van der Waals surface area contributed by atoms with Gasteiger partial charge in [-0.2, -0.15) is 0 Å². The molecule has 1 aromatic heterocycles. The van der Waals surface area contributed by atoms with Gasteiger partial charge in [0.2, 0.25) is 11.8 Å². The number of aryl methyl sites for hydroxylation is 1. The number of fused-ring (bicyclic) bond motifs is 2. The average Bonchev–Trinajstić information content (AvgIpc) is 3.08. The summed E-state index contributed by atoms with van der Waals surface area (Å²) >= 11 is 1.42. The Morgan fingerprint density at radius 2 is 1.82 bits per heavy atom. The van der Waals surface area contributed by atoms with E-state index in [0.717, 1.165) is 32.1 Å². The summed E-state index contributed by atoms with van der Waals surface area (Å²) < 4.78 is 1.02. The zero-order valence-corrected chi connectivity index (χ0v) is 16.2. The van der Waals surface area contributed by atoms with E-state index in [9.17, 15) is 9.59 Å². The number of carbonyl (C=O) groups is 2. The van der Waals surface area contributed by atoms with Crippen LogP contribution in [0.2, 0.25) is 0 Å². The fourth-order valence-corrected chi connectivity index (χ4v) is 4.09.